The highest BCUT2D eigenvalue weighted by molar-refractivity contribution is 6.03. The molecule has 0 saturated heterocycles. The lowest BCUT2D eigenvalue weighted by atomic mass is 10.1. The van der Waals surface area contributed by atoms with Crippen molar-refractivity contribution in [1.82, 2.24) is 0 Å². The fraction of sp³-hybridized carbons (Fsp3) is 0.158. The maximum Gasteiger partial charge on any atom is 0.291 e. The van der Waals surface area contributed by atoms with Gasteiger partial charge in [-0.3, -0.25) is 9.59 Å². The van der Waals surface area contributed by atoms with Crippen molar-refractivity contribution in [3.63, 3.8) is 0 Å². The number of anilines is 1. The van der Waals surface area contributed by atoms with E-state index in [4.69, 9.17) is 4.42 Å². The average molecular weight is 307 g/mol. The van der Waals surface area contributed by atoms with E-state index in [1.807, 2.05) is 39.0 Å². The van der Waals surface area contributed by atoms with Crippen molar-refractivity contribution in [2.75, 3.05) is 5.32 Å². The molecule has 2 aromatic carbocycles. The Hall–Kier alpha value is -2.88. The fourth-order valence-electron chi connectivity index (χ4n) is 2.42. The first-order valence-electron chi connectivity index (χ1n) is 7.38. The van der Waals surface area contributed by atoms with Crippen molar-refractivity contribution >= 4 is 22.6 Å². The molecular formula is C19H17NO3. The van der Waals surface area contributed by atoms with E-state index in [9.17, 15) is 9.59 Å². The average Bonchev–Trinajstić information content (AvgIpc) is 2.51. The maximum absolute atomic E-state index is 12.4. The van der Waals surface area contributed by atoms with Crippen molar-refractivity contribution in [3.05, 3.63) is 75.1 Å². The molecule has 0 fully saturated rings. The van der Waals surface area contributed by atoms with E-state index < -0.39 is 5.91 Å². The minimum absolute atomic E-state index is 0.00834. The van der Waals surface area contributed by atoms with Gasteiger partial charge in [0.05, 0.1) is 5.39 Å². The van der Waals surface area contributed by atoms with Gasteiger partial charge in [0.25, 0.3) is 5.91 Å². The number of carbonyl (C=O) groups is 1. The molecule has 4 heteroatoms. The van der Waals surface area contributed by atoms with Crippen LogP contribution >= 0.6 is 0 Å². The van der Waals surface area contributed by atoms with Crippen LogP contribution in [-0.4, -0.2) is 5.91 Å². The smallest absolute Gasteiger partial charge is 0.291 e. The molecule has 0 saturated carbocycles. The predicted octanol–water partition coefficient (Wildman–Crippen LogP) is 3.97. The highest BCUT2D eigenvalue weighted by Gasteiger charge is 2.14. The van der Waals surface area contributed by atoms with E-state index in [2.05, 4.69) is 5.32 Å². The van der Waals surface area contributed by atoms with Crippen LogP contribution in [0, 0.1) is 20.8 Å². The number of aryl methyl sites for hydroxylation is 3. The predicted molar refractivity (Wildman–Crippen MR) is 91.1 cm³/mol. The number of rotatable bonds is 2. The van der Waals surface area contributed by atoms with Crippen molar-refractivity contribution in [2.45, 2.75) is 20.8 Å². The van der Waals surface area contributed by atoms with E-state index in [1.165, 1.54) is 6.07 Å². The molecule has 0 radical (unpaired) electrons. The van der Waals surface area contributed by atoms with Crippen molar-refractivity contribution < 1.29 is 9.21 Å². The van der Waals surface area contributed by atoms with Crippen LogP contribution in [0.3, 0.4) is 0 Å². The number of amides is 1. The zero-order valence-corrected chi connectivity index (χ0v) is 13.3. The van der Waals surface area contributed by atoms with Crippen LogP contribution < -0.4 is 10.7 Å². The van der Waals surface area contributed by atoms with E-state index in [1.54, 1.807) is 18.2 Å². The molecule has 0 aliphatic rings. The molecule has 0 bridgehead atoms. The molecule has 3 rings (SSSR count). The number of benzene rings is 2. The topological polar surface area (TPSA) is 59.3 Å². The van der Waals surface area contributed by atoms with Gasteiger partial charge in [-0.2, -0.15) is 0 Å². The highest BCUT2D eigenvalue weighted by atomic mass is 16.3. The Morgan fingerprint density at radius 3 is 2.39 bits per heavy atom. The third-order valence-corrected chi connectivity index (χ3v) is 3.96. The maximum atomic E-state index is 12.4. The van der Waals surface area contributed by atoms with Crippen LogP contribution in [0.4, 0.5) is 5.69 Å². The van der Waals surface area contributed by atoms with Crippen LogP contribution in [0.1, 0.15) is 27.2 Å². The van der Waals surface area contributed by atoms with E-state index in [-0.39, 0.29) is 11.2 Å². The quantitative estimate of drug-likeness (QED) is 0.779. The lowest BCUT2D eigenvalue weighted by Crippen LogP contribution is -2.15. The number of fused-ring (bicyclic) bond motifs is 1. The Kier molecular flexibility index (Phi) is 3.74. The van der Waals surface area contributed by atoms with Crippen LogP contribution in [-0.2, 0) is 0 Å². The zero-order valence-electron chi connectivity index (χ0n) is 13.3. The van der Waals surface area contributed by atoms with Gasteiger partial charge < -0.3 is 9.73 Å². The van der Waals surface area contributed by atoms with E-state index in [0.29, 0.717) is 16.7 Å². The molecule has 4 nitrogen and oxygen atoms in total. The Labute approximate surface area is 133 Å². The molecule has 3 aromatic rings. The van der Waals surface area contributed by atoms with E-state index in [0.717, 1.165) is 16.7 Å². The Morgan fingerprint density at radius 2 is 1.65 bits per heavy atom. The molecule has 1 amide bonds. The Bertz CT molecular complexity index is 970. The molecule has 0 aliphatic heterocycles. The summed E-state index contributed by atoms with van der Waals surface area (Å²) in [5.74, 6) is -0.425. The Balaban J connectivity index is 2.03. The number of carbonyl (C=O) groups excluding carboxylic acids is 1. The number of hydrogen-bond acceptors (Lipinski definition) is 3. The lowest BCUT2D eigenvalue weighted by molar-refractivity contribution is 0.0997. The summed E-state index contributed by atoms with van der Waals surface area (Å²) < 4.78 is 5.64. The Morgan fingerprint density at radius 1 is 0.957 bits per heavy atom. The summed E-state index contributed by atoms with van der Waals surface area (Å²) in [6.45, 7) is 5.78. The van der Waals surface area contributed by atoms with Crippen molar-refractivity contribution in [3.8, 4) is 0 Å². The van der Waals surface area contributed by atoms with Crippen molar-refractivity contribution in [1.29, 1.82) is 0 Å². The largest absolute Gasteiger partial charge is 0.451 e. The second-order valence-electron chi connectivity index (χ2n) is 5.68. The fourth-order valence-corrected chi connectivity index (χ4v) is 2.42. The molecule has 0 spiro atoms. The molecule has 23 heavy (non-hydrogen) atoms. The summed E-state index contributed by atoms with van der Waals surface area (Å²) >= 11 is 0. The third-order valence-electron chi connectivity index (χ3n) is 3.96. The van der Waals surface area contributed by atoms with Crippen molar-refractivity contribution in [2.24, 2.45) is 0 Å². The van der Waals surface area contributed by atoms with Gasteiger partial charge >= 0.3 is 0 Å². The first-order valence-corrected chi connectivity index (χ1v) is 7.38. The van der Waals surface area contributed by atoms with Gasteiger partial charge in [-0.15, -0.1) is 0 Å². The lowest BCUT2D eigenvalue weighted by Gasteiger charge is -2.08. The SMILES string of the molecule is Cc1cc2oc(C(=O)Nc3ccccc3C)cc(=O)c2cc1C. The molecule has 116 valence electrons. The summed E-state index contributed by atoms with van der Waals surface area (Å²) in [6, 6.07) is 12.3. The molecule has 1 N–H and O–H groups in total. The molecule has 0 atom stereocenters. The number of para-hydroxylation sites is 1. The van der Waals surface area contributed by atoms with Gasteiger partial charge in [0.1, 0.15) is 5.58 Å². The second-order valence-corrected chi connectivity index (χ2v) is 5.68. The van der Waals surface area contributed by atoms with Gasteiger partial charge in [-0.05, 0) is 55.7 Å². The summed E-state index contributed by atoms with van der Waals surface area (Å²) in [6.07, 6.45) is 0. The second kappa shape index (κ2) is 5.72. The van der Waals surface area contributed by atoms with Crippen LogP contribution in [0.5, 0.6) is 0 Å². The first-order chi connectivity index (χ1) is 11.0. The highest BCUT2D eigenvalue weighted by Crippen LogP contribution is 2.19. The third kappa shape index (κ3) is 2.88. The van der Waals surface area contributed by atoms with Gasteiger partial charge in [0.2, 0.25) is 0 Å². The normalized spacial score (nSPS) is 10.7. The number of nitrogens with one attached hydrogen (secondary N) is 1. The summed E-state index contributed by atoms with van der Waals surface area (Å²) in [4.78, 5) is 24.6. The molecular weight excluding hydrogens is 290 g/mol. The van der Waals surface area contributed by atoms with Gasteiger partial charge in [-0.1, -0.05) is 18.2 Å². The minimum Gasteiger partial charge on any atom is -0.451 e. The first kappa shape index (κ1) is 15.0. The van der Waals surface area contributed by atoms with Crippen LogP contribution in [0.25, 0.3) is 11.0 Å². The molecule has 0 unspecified atom stereocenters. The van der Waals surface area contributed by atoms with E-state index >= 15 is 0 Å². The standard InChI is InChI=1S/C19H17NO3/c1-11-6-4-5-7-15(11)20-19(22)18-10-16(21)14-8-12(2)13(3)9-17(14)23-18/h4-10H,1-3H3,(H,20,22). The van der Waals surface area contributed by atoms with Crippen LogP contribution in [0.15, 0.2) is 51.7 Å². The monoisotopic (exact) mass is 307 g/mol. The number of hydrogen-bond donors (Lipinski definition) is 1. The summed E-state index contributed by atoms with van der Waals surface area (Å²) in [5, 5.41) is 3.26. The molecule has 1 heterocycles. The van der Waals surface area contributed by atoms with Gasteiger partial charge in [-0.25, -0.2) is 0 Å². The summed E-state index contributed by atoms with van der Waals surface area (Å²) in [5.41, 5.74) is 3.87. The van der Waals surface area contributed by atoms with Gasteiger partial charge in [0.15, 0.2) is 11.2 Å². The molecule has 0 aliphatic carbocycles. The minimum atomic E-state index is -0.434. The molecule has 1 aromatic heterocycles. The summed E-state index contributed by atoms with van der Waals surface area (Å²) in [7, 11) is 0. The van der Waals surface area contributed by atoms with Gasteiger partial charge in [0, 0.05) is 11.8 Å². The zero-order chi connectivity index (χ0) is 16.6. The van der Waals surface area contributed by atoms with Crippen LogP contribution in [0.2, 0.25) is 0 Å².